The highest BCUT2D eigenvalue weighted by Crippen LogP contribution is 2.34. The van der Waals surface area contributed by atoms with E-state index in [0.717, 1.165) is 10.5 Å². The molecule has 0 aliphatic carbocycles. The summed E-state index contributed by atoms with van der Waals surface area (Å²) in [6.07, 6.45) is 3.88. The standard InChI is InChI=1S/C16H12O2S/c17-16-13-8-4-5-9-14(13)19-15(18-16)11-10-12-6-2-1-3-7-12/h1-11,15H/b11-10+/t15-/m1/s1. The van der Waals surface area contributed by atoms with Crippen LogP contribution in [-0.2, 0) is 4.74 Å². The van der Waals surface area contributed by atoms with Crippen molar-refractivity contribution in [3.63, 3.8) is 0 Å². The van der Waals surface area contributed by atoms with Crippen LogP contribution in [0.15, 0.2) is 65.6 Å². The van der Waals surface area contributed by atoms with Gasteiger partial charge in [0, 0.05) is 4.90 Å². The molecule has 1 aliphatic rings. The summed E-state index contributed by atoms with van der Waals surface area (Å²) in [5, 5.41) is 0. The fourth-order valence-electron chi connectivity index (χ4n) is 1.89. The molecule has 0 aromatic heterocycles. The second kappa shape index (κ2) is 5.33. The average Bonchev–Trinajstić information content (AvgIpc) is 2.46. The molecule has 19 heavy (non-hydrogen) atoms. The van der Waals surface area contributed by atoms with Crippen molar-refractivity contribution in [3.05, 3.63) is 71.8 Å². The molecule has 1 heterocycles. The highest BCUT2D eigenvalue weighted by Gasteiger charge is 2.24. The van der Waals surface area contributed by atoms with Gasteiger partial charge in [0.15, 0.2) is 5.44 Å². The van der Waals surface area contributed by atoms with Crippen LogP contribution in [0.25, 0.3) is 6.08 Å². The lowest BCUT2D eigenvalue weighted by atomic mass is 10.2. The molecule has 0 spiro atoms. The van der Waals surface area contributed by atoms with E-state index in [4.69, 9.17) is 4.74 Å². The average molecular weight is 268 g/mol. The first-order valence-electron chi connectivity index (χ1n) is 6.03. The summed E-state index contributed by atoms with van der Waals surface area (Å²) in [4.78, 5) is 12.8. The van der Waals surface area contributed by atoms with Crippen LogP contribution >= 0.6 is 11.8 Å². The first kappa shape index (κ1) is 12.1. The molecule has 0 bridgehead atoms. The minimum Gasteiger partial charge on any atom is -0.443 e. The van der Waals surface area contributed by atoms with Crippen LogP contribution in [0.1, 0.15) is 15.9 Å². The molecule has 0 amide bonds. The molecule has 3 heteroatoms. The Labute approximate surface area is 116 Å². The Hall–Kier alpha value is -2.00. The molecule has 0 unspecified atom stereocenters. The Morgan fingerprint density at radius 1 is 1.00 bits per heavy atom. The number of carbonyl (C=O) groups is 1. The number of thioether (sulfide) groups is 1. The maximum atomic E-state index is 11.8. The van der Waals surface area contributed by atoms with Crippen molar-refractivity contribution >= 4 is 23.8 Å². The summed E-state index contributed by atoms with van der Waals surface area (Å²) in [6.45, 7) is 0. The fraction of sp³-hybridized carbons (Fsp3) is 0.0625. The van der Waals surface area contributed by atoms with Gasteiger partial charge < -0.3 is 4.74 Å². The number of hydrogen-bond donors (Lipinski definition) is 0. The largest absolute Gasteiger partial charge is 0.443 e. The Morgan fingerprint density at radius 2 is 1.74 bits per heavy atom. The normalized spacial score (nSPS) is 18.1. The van der Waals surface area contributed by atoms with Gasteiger partial charge in [-0.2, -0.15) is 0 Å². The van der Waals surface area contributed by atoms with E-state index < -0.39 is 0 Å². The topological polar surface area (TPSA) is 26.3 Å². The maximum absolute atomic E-state index is 11.8. The zero-order valence-electron chi connectivity index (χ0n) is 10.2. The Morgan fingerprint density at radius 3 is 2.58 bits per heavy atom. The van der Waals surface area contributed by atoms with Crippen molar-refractivity contribution in [2.24, 2.45) is 0 Å². The van der Waals surface area contributed by atoms with Gasteiger partial charge >= 0.3 is 5.97 Å². The van der Waals surface area contributed by atoms with Crippen molar-refractivity contribution < 1.29 is 9.53 Å². The molecule has 2 aromatic carbocycles. The van der Waals surface area contributed by atoms with Crippen LogP contribution in [0.3, 0.4) is 0 Å². The zero-order chi connectivity index (χ0) is 13.1. The predicted octanol–water partition coefficient (Wildman–Crippen LogP) is 3.99. The molecule has 0 radical (unpaired) electrons. The van der Waals surface area contributed by atoms with Gasteiger partial charge in [0.1, 0.15) is 0 Å². The Balaban J connectivity index is 1.79. The molecule has 94 valence electrons. The third-order valence-corrected chi connectivity index (χ3v) is 3.91. The molecule has 3 rings (SSSR count). The van der Waals surface area contributed by atoms with Crippen LogP contribution in [0, 0.1) is 0 Å². The van der Waals surface area contributed by atoms with Gasteiger partial charge in [-0.3, -0.25) is 0 Å². The third kappa shape index (κ3) is 2.71. The van der Waals surface area contributed by atoms with E-state index in [-0.39, 0.29) is 11.4 Å². The summed E-state index contributed by atoms with van der Waals surface area (Å²) in [6, 6.07) is 17.5. The van der Waals surface area contributed by atoms with Crippen molar-refractivity contribution in [3.8, 4) is 0 Å². The van der Waals surface area contributed by atoms with Crippen LogP contribution in [0.5, 0.6) is 0 Å². The first-order chi connectivity index (χ1) is 9.33. The van der Waals surface area contributed by atoms with E-state index >= 15 is 0 Å². The molecule has 0 saturated carbocycles. The van der Waals surface area contributed by atoms with Crippen LogP contribution in [0.4, 0.5) is 0 Å². The van der Waals surface area contributed by atoms with E-state index in [1.54, 1.807) is 17.8 Å². The summed E-state index contributed by atoms with van der Waals surface area (Å²) in [5.74, 6) is -0.253. The molecule has 2 aromatic rings. The highest BCUT2D eigenvalue weighted by atomic mass is 32.2. The van der Waals surface area contributed by atoms with E-state index in [0.29, 0.717) is 5.56 Å². The lowest BCUT2D eigenvalue weighted by molar-refractivity contribution is 0.0497. The quantitative estimate of drug-likeness (QED) is 0.770. The lowest BCUT2D eigenvalue weighted by Crippen LogP contribution is -2.18. The number of fused-ring (bicyclic) bond motifs is 1. The van der Waals surface area contributed by atoms with Crippen LogP contribution in [-0.4, -0.2) is 11.4 Å². The lowest BCUT2D eigenvalue weighted by Gasteiger charge is -2.21. The SMILES string of the molecule is O=C1O[C@@H](/C=C/c2ccccc2)Sc2ccccc21. The van der Waals surface area contributed by atoms with Crippen molar-refractivity contribution in [1.29, 1.82) is 0 Å². The molecule has 2 nitrogen and oxygen atoms in total. The number of ether oxygens (including phenoxy) is 1. The fourth-order valence-corrected chi connectivity index (χ4v) is 2.87. The van der Waals surface area contributed by atoms with Gasteiger partial charge in [-0.15, -0.1) is 0 Å². The van der Waals surface area contributed by atoms with Gasteiger partial charge in [0.2, 0.25) is 0 Å². The van der Waals surface area contributed by atoms with E-state index in [1.807, 2.05) is 60.7 Å². The Kier molecular flexibility index (Phi) is 3.38. The number of rotatable bonds is 2. The van der Waals surface area contributed by atoms with Crippen molar-refractivity contribution in [1.82, 2.24) is 0 Å². The minimum atomic E-state index is -0.261. The number of cyclic esters (lactones) is 1. The van der Waals surface area contributed by atoms with Crippen LogP contribution in [0.2, 0.25) is 0 Å². The summed E-state index contributed by atoms with van der Waals surface area (Å²) < 4.78 is 5.37. The van der Waals surface area contributed by atoms with Gasteiger partial charge in [-0.05, 0) is 23.8 Å². The number of hydrogen-bond acceptors (Lipinski definition) is 3. The van der Waals surface area contributed by atoms with E-state index in [1.165, 1.54) is 0 Å². The second-order valence-corrected chi connectivity index (χ2v) is 5.30. The summed E-state index contributed by atoms with van der Waals surface area (Å²) in [5.41, 5.74) is 1.48. The third-order valence-electron chi connectivity index (χ3n) is 2.82. The molecule has 0 saturated heterocycles. The zero-order valence-corrected chi connectivity index (χ0v) is 11.0. The molecule has 1 aliphatic heterocycles. The highest BCUT2D eigenvalue weighted by molar-refractivity contribution is 8.00. The van der Waals surface area contributed by atoms with Crippen molar-refractivity contribution in [2.45, 2.75) is 10.3 Å². The van der Waals surface area contributed by atoms with Gasteiger partial charge in [0.25, 0.3) is 0 Å². The van der Waals surface area contributed by atoms with Gasteiger partial charge in [-0.25, -0.2) is 4.79 Å². The van der Waals surface area contributed by atoms with Crippen LogP contribution < -0.4 is 0 Å². The Bertz CT molecular complexity index is 620. The molecule has 0 fully saturated rings. The molecule has 1 atom stereocenters. The van der Waals surface area contributed by atoms with Gasteiger partial charge in [-0.1, -0.05) is 60.3 Å². The predicted molar refractivity (Wildman–Crippen MR) is 77.0 cm³/mol. The van der Waals surface area contributed by atoms with Crippen molar-refractivity contribution in [2.75, 3.05) is 0 Å². The smallest absolute Gasteiger partial charge is 0.340 e. The molecular formula is C16H12O2S. The summed E-state index contributed by atoms with van der Waals surface area (Å²) >= 11 is 1.55. The molecular weight excluding hydrogens is 256 g/mol. The second-order valence-electron chi connectivity index (χ2n) is 4.16. The first-order valence-corrected chi connectivity index (χ1v) is 6.91. The maximum Gasteiger partial charge on any atom is 0.340 e. The number of benzene rings is 2. The number of carbonyl (C=O) groups excluding carboxylic acids is 1. The van der Waals surface area contributed by atoms with E-state index in [9.17, 15) is 4.79 Å². The summed E-state index contributed by atoms with van der Waals surface area (Å²) in [7, 11) is 0. The van der Waals surface area contributed by atoms with Gasteiger partial charge in [0.05, 0.1) is 5.56 Å². The monoisotopic (exact) mass is 268 g/mol. The molecule has 0 N–H and O–H groups in total. The minimum absolute atomic E-state index is 0.253. The number of esters is 1. The van der Waals surface area contributed by atoms with E-state index in [2.05, 4.69) is 0 Å².